The van der Waals surface area contributed by atoms with E-state index in [2.05, 4.69) is 15.5 Å². The standard InChI is InChI=1S/C22H38N6O6/c1-22(2,3)34-20(31)25-19(23)18(15-4-6-24-7-5-15)28-13-16(33-21(28)32)12-26-8-10-27(11-9-26)14-17(29)30/h15-16,18,24H,4-14H2,1-3H3,(H,29,30)(H2,23,25,31). The van der Waals surface area contributed by atoms with Gasteiger partial charge in [-0.05, 0) is 52.6 Å². The van der Waals surface area contributed by atoms with Crippen LogP contribution in [0, 0.1) is 11.3 Å². The smallest absolute Gasteiger partial charge is 0.413 e. The van der Waals surface area contributed by atoms with Gasteiger partial charge in [0.15, 0.2) is 0 Å². The van der Waals surface area contributed by atoms with Crippen LogP contribution in [0.15, 0.2) is 0 Å². The minimum absolute atomic E-state index is 0.0227. The summed E-state index contributed by atoms with van der Waals surface area (Å²) < 4.78 is 11.0. The van der Waals surface area contributed by atoms with E-state index in [-0.39, 0.29) is 24.4 Å². The van der Waals surface area contributed by atoms with Crippen molar-refractivity contribution in [3.8, 4) is 0 Å². The highest BCUT2D eigenvalue weighted by Crippen LogP contribution is 2.26. The van der Waals surface area contributed by atoms with Crippen LogP contribution in [0.1, 0.15) is 33.6 Å². The zero-order valence-electron chi connectivity index (χ0n) is 20.3. The Labute approximate surface area is 200 Å². The maximum absolute atomic E-state index is 12.9. The van der Waals surface area contributed by atoms with Crippen molar-refractivity contribution in [1.82, 2.24) is 25.3 Å². The largest absolute Gasteiger partial charge is 0.480 e. The summed E-state index contributed by atoms with van der Waals surface area (Å²) >= 11 is 0. The van der Waals surface area contributed by atoms with Crippen molar-refractivity contribution in [3.63, 3.8) is 0 Å². The van der Waals surface area contributed by atoms with Crippen molar-refractivity contribution in [3.05, 3.63) is 0 Å². The van der Waals surface area contributed by atoms with Gasteiger partial charge >= 0.3 is 18.2 Å². The number of nitrogens with one attached hydrogen (secondary N) is 3. The maximum Gasteiger partial charge on any atom is 0.413 e. The van der Waals surface area contributed by atoms with Gasteiger partial charge in [-0.3, -0.25) is 30.2 Å². The number of cyclic esters (lactones) is 1. The molecule has 0 bridgehead atoms. The monoisotopic (exact) mass is 482 g/mol. The van der Waals surface area contributed by atoms with Gasteiger partial charge in [0, 0.05) is 32.7 Å². The average molecular weight is 483 g/mol. The third kappa shape index (κ3) is 7.54. The van der Waals surface area contributed by atoms with E-state index in [9.17, 15) is 14.4 Å². The number of aliphatic carboxylic acids is 1. The lowest BCUT2D eigenvalue weighted by molar-refractivity contribution is -0.138. The molecule has 3 fully saturated rings. The van der Waals surface area contributed by atoms with Gasteiger partial charge in [0.25, 0.3) is 0 Å². The first kappa shape index (κ1) is 26.2. The molecule has 0 aliphatic carbocycles. The first-order valence-electron chi connectivity index (χ1n) is 11.9. The van der Waals surface area contributed by atoms with E-state index in [1.807, 2.05) is 4.90 Å². The van der Waals surface area contributed by atoms with Crippen molar-refractivity contribution in [1.29, 1.82) is 5.41 Å². The molecule has 0 aromatic heterocycles. The van der Waals surface area contributed by atoms with Crippen LogP contribution < -0.4 is 10.6 Å². The van der Waals surface area contributed by atoms with E-state index in [1.165, 1.54) is 0 Å². The second-order valence-corrected chi connectivity index (χ2v) is 10.2. The summed E-state index contributed by atoms with van der Waals surface area (Å²) in [5.74, 6) is -0.865. The Bertz CT molecular complexity index is 757. The van der Waals surface area contributed by atoms with E-state index >= 15 is 0 Å². The van der Waals surface area contributed by atoms with Crippen molar-refractivity contribution in [2.24, 2.45) is 5.92 Å². The molecule has 0 radical (unpaired) electrons. The molecule has 3 aliphatic heterocycles. The number of piperidine rings is 1. The zero-order chi connectivity index (χ0) is 24.9. The second kappa shape index (κ2) is 11.3. The Kier molecular flexibility index (Phi) is 8.72. The number of hydrogen-bond donors (Lipinski definition) is 4. The predicted molar refractivity (Wildman–Crippen MR) is 124 cm³/mol. The lowest BCUT2D eigenvalue weighted by Crippen LogP contribution is -2.55. The van der Waals surface area contributed by atoms with Crippen molar-refractivity contribution < 1.29 is 29.0 Å². The molecule has 2 unspecified atom stereocenters. The quantitative estimate of drug-likeness (QED) is 0.299. The van der Waals surface area contributed by atoms with Crippen LogP contribution in [-0.2, 0) is 14.3 Å². The fraction of sp³-hybridized carbons (Fsp3) is 0.818. The van der Waals surface area contributed by atoms with Gasteiger partial charge in [0.1, 0.15) is 17.5 Å². The highest BCUT2D eigenvalue weighted by atomic mass is 16.6. The van der Waals surface area contributed by atoms with E-state index in [0.29, 0.717) is 39.3 Å². The van der Waals surface area contributed by atoms with Crippen molar-refractivity contribution >= 4 is 24.0 Å². The molecule has 3 aliphatic rings. The van der Waals surface area contributed by atoms with Gasteiger partial charge in [0.05, 0.1) is 19.1 Å². The number of amides is 2. The van der Waals surface area contributed by atoms with Crippen molar-refractivity contribution in [2.45, 2.75) is 51.4 Å². The SMILES string of the molecule is CC(C)(C)OC(=O)NC(=N)C(C1CCNCC1)N1CC(CN2CCN(CC(=O)O)CC2)OC1=O. The van der Waals surface area contributed by atoms with Crippen LogP contribution in [0.3, 0.4) is 0 Å². The van der Waals surface area contributed by atoms with Crippen LogP contribution in [0.4, 0.5) is 9.59 Å². The summed E-state index contributed by atoms with van der Waals surface area (Å²) in [6.45, 7) is 10.5. The first-order valence-corrected chi connectivity index (χ1v) is 11.9. The summed E-state index contributed by atoms with van der Waals surface area (Å²) in [7, 11) is 0. The Morgan fingerprint density at radius 2 is 1.82 bits per heavy atom. The molecule has 3 rings (SSSR count). The van der Waals surface area contributed by atoms with Crippen molar-refractivity contribution in [2.75, 3.05) is 58.9 Å². The number of nitrogens with zero attached hydrogens (tertiary/aromatic N) is 3. The highest BCUT2D eigenvalue weighted by molar-refractivity contribution is 5.98. The first-order chi connectivity index (χ1) is 16.0. The van der Waals surface area contributed by atoms with Gasteiger partial charge in [-0.2, -0.15) is 0 Å². The minimum Gasteiger partial charge on any atom is -0.480 e. The molecule has 192 valence electrons. The van der Waals surface area contributed by atoms with E-state index in [4.69, 9.17) is 20.0 Å². The summed E-state index contributed by atoms with van der Waals surface area (Å²) in [5, 5.41) is 23.4. The Morgan fingerprint density at radius 1 is 1.21 bits per heavy atom. The molecule has 12 nitrogen and oxygen atoms in total. The molecule has 3 heterocycles. The molecule has 34 heavy (non-hydrogen) atoms. The topological polar surface area (TPSA) is 148 Å². The number of carboxylic acid groups (broad SMARTS) is 1. The zero-order valence-corrected chi connectivity index (χ0v) is 20.3. The van der Waals surface area contributed by atoms with Crippen LogP contribution in [-0.4, -0.2) is 120 Å². The number of alkyl carbamates (subject to hydrolysis) is 1. The van der Waals surface area contributed by atoms with E-state index in [1.54, 1.807) is 25.7 Å². The molecule has 2 atom stereocenters. The van der Waals surface area contributed by atoms with E-state index < -0.39 is 29.8 Å². The summed E-state index contributed by atoms with van der Waals surface area (Å²) in [6, 6.07) is -0.598. The molecule has 12 heteroatoms. The number of piperazine rings is 1. The van der Waals surface area contributed by atoms with Crippen LogP contribution >= 0.6 is 0 Å². The number of carbonyl (C=O) groups excluding carboxylic acids is 2. The van der Waals surface area contributed by atoms with Crippen LogP contribution in [0.25, 0.3) is 0 Å². The molecule has 0 saturated carbocycles. The third-order valence-corrected chi connectivity index (χ3v) is 6.29. The summed E-state index contributed by atoms with van der Waals surface area (Å²) in [6.07, 6.45) is 0.0251. The van der Waals surface area contributed by atoms with Crippen LogP contribution in [0.5, 0.6) is 0 Å². The number of ether oxygens (including phenoxy) is 2. The number of amidine groups is 1. The number of hydrogen-bond acceptors (Lipinski definition) is 9. The third-order valence-electron chi connectivity index (χ3n) is 6.29. The molecule has 0 aromatic carbocycles. The molecule has 3 saturated heterocycles. The normalized spacial score (nSPS) is 23.9. The predicted octanol–water partition coefficient (Wildman–Crippen LogP) is 0.380. The highest BCUT2D eigenvalue weighted by Gasteiger charge is 2.43. The Morgan fingerprint density at radius 3 is 2.41 bits per heavy atom. The number of rotatable bonds is 7. The molecule has 0 aromatic rings. The lowest BCUT2D eigenvalue weighted by atomic mass is 9.88. The lowest BCUT2D eigenvalue weighted by Gasteiger charge is -2.36. The molecule has 2 amide bonds. The van der Waals surface area contributed by atoms with Crippen LogP contribution in [0.2, 0.25) is 0 Å². The Hall–Kier alpha value is -2.44. The molecule has 4 N–H and O–H groups in total. The number of carboxylic acids is 1. The second-order valence-electron chi connectivity index (χ2n) is 10.2. The fourth-order valence-electron chi connectivity index (χ4n) is 4.77. The van der Waals surface area contributed by atoms with Gasteiger partial charge < -0.3 is 19.9 Å². The van der Waals surface area contributed by atoms with Gasteiger partial charge in [-0.15, -0.1) is 0 Å². The molecular formula is C22H38N6O6. The minimum atomic E-state index is -0.833. The average Bonchev–Trinajstić information content (AvgIpc) is 3.08. The number of carbonyl (C=O) groups is 3. The fourth-order valence-corrected chi connectivity index (χ4v) is 4.77. The van der Waals surface area contributed by atoms with Gasteiger partial charge in [0.2, 0.25) is 0 Å². The summed E-state index contributed by atoms with van der Waals surface area (Å²) in [5.41, 5.74) is -0.694. The molecule has 0 spiro atoms. The van der Waals surface area contributed by atoms with Gasteiger partial charge in [-0.25, -0.2) is 9.59 Å². The molecular weight excluding hydrogens is 444 g/mol. The summed E-state index contributed by atoms with van der Waals surface area (Å²) in [4.78, 5) is 41.7. The van der Waals surface area contributed by atoms with Gasteiger partial charge in [-0.1, -0.05) is 0 Å². The van der Waals surface area contributed by atoms with E-state index in [0.717, 1.165) is 25.9 Å². The maximum atomic E-state index is 12.9. The Balaban J connectivity index is 1.61.